The summed E-state index contributed by atoms with van der Waals surface area (Å²) in [5.41, 5.74) is 2.39. The number of benzene rings is 2. The van der Waals surface area contributed by atoms with E-state index >= 15 is 0 Å². The fourth-order valence-corrected chi connectivity index (χ4v) is 6.22. The molecule has 9 nitrogen and oxygen atoms in total. The summed E-state index contributed by atoms with van der Waals surface area (Å²) in [6.07, 6.45) is 0.434. The Bertz CT molecular complexity index is 1250. The van der Waals surface area contributed by atoms with Gasteiger partial charge < -0.3 is 4.84 Å². The second-order valence-electron chi connectivity index (χ2n) is 9.11. The topological polar surface area (TPSA) is 119 Å². The average Bonchev–Trinajstić information content (AvgIpc) is 3.54. The molecule has 0 spiro atoms. The zero-order chi connectivity index (χ0) is 23.0. The fraction of sp³-hybridized carbons (Fsp3) is 0.333. The van der Waals surface area contributed by atoms with Crippen molar-refractivity contribution in [2.45, 2.75) is 19.4 Å². The molecule has 33 heavy (non-hydrogen) atoms. The van der Waals surface area contributed by atoms with Gasteiger partial charge in [-0.15, -0.1) is 0 Å². The van der Waals surface area contributed by atoms with Crippen molar-refractivity contribution >= 4 is 34.7 Å². The molecule has 6 atom stereocenters. The number of nitro benzene ring substituents is 1. The maximum Gasteiger partial charge on any atom is 0.269 e. The van der Waals surface area contributed by atoms with Crippen molar-refractivity contribution in [2.75, 3.05) is 4.90 Å². The molecule has 0 unspecified atom stereocenters. The van der Waals surface area contributed by atoms with Crippen molar-refractivity contribution < 1.29 is 24.1 Å². The minimum Gasteiger partial charge on any atom is -0.391 e. The van der Waals surface area contributed by atoms with Crippen LogP contribution in [0.4, 0.5) is 11.4 Å². The highest BCUT2D eigenvalue weighted by molar-refractivity contribution is 6.23. The number of non-ortho nitro benzene ring substituents is 1. The minimum absolute atomic E-state index is 0.00850. The summed E-state index contributed by atoms with van der Waals surface area (Å²) in [6, 6.07) is 12.7. The lowest BCUT2D eigenvalue weighted by Gasteiger charge is -2.29. The van der Waals surface area contributed by atoms with Crippen LogP contribution >= 0.6 is 0 Å². The molecule has 0 radical (unpaired) electrons. The molecule has 2 heterocycles. The lowest BCUT2D eigenvalue weighted by atomic mass is 9.71. The van der Waals surface area contributed by atoms with Crippen molar-refractivity contribution in [1.82, 2.24) is 0 Å². The fourth-order valence-electron chi connectivity index (χ4n) is 6.22. The Kier molecular flexibility index (Phi) is 4.08. The van der Waals surface area contributed by atoms with E-state index in [2.05, 4.69) is 5.16 Å². The molecule has 4 aliphatic rings. The smallest absolute Gasteiger partial charge is 0.269 e. The molecule has 3 fully saturated rings. The number of nitrogens with zero attached hydrogens (tertiary/aromatic N) is 3. The zero-order valence-electron chi connectivity index (χ0n) is 17.6. The number of carbonyl (C=O) groups excluding carboxylic acids is 3. The number of amides is 2. The van der Waals surface area contributed by atoms with Gasteiger partial charge in [0, 0.05) is 35.1 Å². The van der Waals surface area contributed by atoms with E-state index in [1.165, 1.54) is 24.0 Å². The van der Waals surface area contributed by atoms with Gasteiger partial charge in [-0.3, -0.25) is 29.4 Å². The second kappa shape index (κ2) is 6.81. The number of rotatable bonds is 4. The zero-order valence-corrected chi connectivity index (χ0v) is 17.6. The van der Waals surface area contributed by atoms with Gasteiger partial charge in [-0.2, -0.15) is 0 Å². The number of hydrogen-bond acceptors (Lipinski definition) is 7. The Balaban J connectivity index is 1.30. The molecule has 1 saturated heterocycles. The van der Waals surface area contributed by atoms with E-state index in [4.69, 9.17) is 4.84 Å². The van der Waals surface area contributed by atoms with E-state index in [1.807, 2.05) is 0 Å². The first-order valence-corrected chi connectivity index (χ1v) is 10.8. The molecular formula is C24H19N3O6. The van der Waals surface area contributed by atoms with Crippen molar-refractivity contribution in [3.8, 4) is 0 Å². The molecular weight excluding hydrogens is 426 g/mol. The SMILES string of the molecule is CC(=O)c1ccc(N2C(=O)[C@H]3[C@@H]4C[C@@H]([C@H]5C(c6ccc([N+](=O)[O-])cc6)=NO[C@H]45)[C@@H]3C2=O)cc1. The number of Topliss-reactive ketones (excluding diaryl/α,β-unsaturated/α-hetero) is 1. The van der Waals surface area contributed by atoms with E-state index in [1.54, 1.807) is 36.4 Å². The van der Waals surface area contributed by atoms with Crippen LogP contribution in [0.3, 0.4) is 0 Å². The average molecular weight is 445 g/mol. The Morgan fingerprint density at radius 3 is 2.24 bits per heavy atom. The molecule has 2 aromatic carbocycles. The third-order valence-electron chi connectivity index (χ3n) is 7.60. The van der Waals surface area contributed by atoms with E-state index in [-0.39, 0.29) is 47.1 Å². The highest BCUT2D eigenvalue weighted by Gasteiger charge is 2.70. The molecule has 2 aliphatic heterocycles. The monoisotopic (exact) mass is 445 g/mol. The number of oxime groups is 1. The van der Waals surface area contributed by atoms with Gasteiger partial charge in [-0.25, -0.2) is 0 Å². The van der Waals surface area contributed by atoms with Crippen LogP contribution in [0.1, 0.15) is 29.3 Å². The Morgan fingerprint density at radius 2 is 1.64 bits per heavy atom. The normalized spacial score (nSPS) is 31.3. The van der Waals surface area contributed by atoms with Crippen LogP contribution in [0.15, 0.2) is 53.7 Å². The van der Waals surface area contributed by atoms with Crippen molar-refractivity contribution in [3.05, 3.63) is 69.8 Å². The first-order chi connectivity index (χ1) is 15.9. The van der Waals surface area contributed by atoms with E-state index in [0.717, 1.165) is 5.56 Å². The van der Waals surface area contributed by atoms with E-state index < -0.39 is 16.8 Å². The summed E-state index contributed by atoms with van der Waals surface area (Å²) >= 11 is 0. The highest BCUT2D eigenvalue weighted by atomic mass is 16.6. The Hall–Kier alpha value is -3.88. The van der Waals surface area contributed by atoms with Crippen molar-refractivity contribution in [3.63, 3.8) is 0 Å². The number of fused-ring (bicyclic) bond motifs is 8. The van der Waals surface area contributed by atoms with Crippen LogP contribution in [0.5, 0.6) is 0 Å². The van der Waals surface area contributed by atoms with Crippen LogP contribution in [-0.2, 0) is 14.4 Å². The quantitative estimate of drug-likeness (QED) is 0.309. The van der Waals surface area contributed by atoms with Crippen LogP contribution in [-0.4, -0.2) is 34.3 Å². The first kappa shape index (κ1) is 19.8. The summed E-state index contributed by atoms with van der Waals surface area (Å²) in [5, 5.41) is 15.2. The summed E-state index contributed by atoms with van der Waals surface area (Å²) < 4.78 is 0. The maximum absolute atomic E-state index is 13.4. The number of ketones is 1. The third-order valence-corrected chi connectivity index (χ3v) is 7.60. The second-order valence-corrected chi connectivity index (χ2v) is 9.11. The molecule has 166 valence electrons. The third kappa shape index (κ3) is 2.65. The van der Waals surface area contributed by atoms with Gasteiger partial charge in [0.1, 0.15) is 6.10 Å². The molecule has 0 aromatic heterocycles. The number of anilines is 1. The predicted octanol–water partition coefficient (Wildman–Crippen LogP) is 2.97. The molecule has 2 amide bonds. The minimum atomic E-state index is -0.456. The molecule has 2 bridgehead atoms. The number of imide groups is 1. The summed E-state index contributed by atoms with van der Waals surface area (Å²) in [6.45, 7) is 1.46. The van der Waals surface area contributed by atoms with Gasteiger partial charge in [0.15, 0.2) is 5.78 Å². The van der Waals surface area contributed by atoms with Gasteiger partial charge in [-0.05, 0) is 55.7 Å². The van der Waals surface area contributed by atoms with Gasteiger partial charge in [0.05, 0.1) is 28.2 Å². The Morgan fingerprint density at radius 1 is 1.00 bits per heavy atom. The van der Waals surface area contributed by atoms with E-state index in [0.29, 0.717) is 23.4 Å². The van der Waals surface area contributed by atoms with Crippen LogP contribution in [0.25, 0.3) is 0 Å². The van der Waals surface area contributed by atoms with Crippen molar-refractivity contribution in [1.29, 1.82) is 0 Å². The van der Waals surface area contributed by atoms with Gasteiger partial charge in [0.2, 0.25) is 11.8 Å². The maximum atomic E-state index is 13.4. The standard InChI is InChI=1S/C24H19N3O6/c1-11(28)12-2-6-14(7-3-12)26-23(29)18-16-10-17(19(18)24(26)30)22-20(16)21(25-33-22)13-4-8-15(9-5-13)27(31)32/h2-9,16-20,22H,10H2,1H3/t16-,17+,18+,19+,20+,22-/m1/s1. The van der Waals surface area contributed by atoms with Gasteiger partial charge in [-0.1, -0.05) is 5.16 Å². The molecule has 9 heteroatoms. The number of hydrogen-bond donors (Lipinski definition) is 0. The Labute approximate surface area is 188 Å². The predicted molar refractivity (Wildman–Crippen MR) is 116 cm³/mol. The lowest BCUT2D eigenvalue weighted by molar-refractivity contribution is -0.384. The molecule has 2 saturated carbocycles. The first-order valence-electron chi connectivity index (χ1n) is 10.8. The number of nitro groups is 1. The highest BCUT2D eigenvalue weighted by Crippen LogP contribution is 2.62. The van der Waals surface area contributed by atoms with E-state index in [9.17, 15) is 24.5 Å². The van der Waals surface area contributed by atoms with Crippen LogP contribution in [0.2, 0.25) is 0 Å². The summed E-state index contributed by atoms with van der Waals surface area (Å²) in [7, 11) is 0. The summed E-state index contributed by atoms with van der Waals surface area (Å²) in [5.74, 6) is -1.74. The molecule has 0 N–H and O–H groups in total. The van der Waals surface area contributed by atoms with Gasteiger partial charge >= 0.3 is 0 Å². The molecule has 6 rings (SSSR count). The van der Waals surface area contributed by atoms with Crippen LogP contribution in [0, 0.1) is 39.7 Å². The van der Waals surface area contributed by atoms with Crippen LogP contribution < -0.4 is 4.90 Å². The van der Waals surface area contributed by atoms with Gasteiger partial charge in [0.25, 0.3) is 5.69 Å². The molecule has 2 aliphatic carbocycles. The summed E-state index contributed by atoms with van der Waals surface area (Å²) in [4.78, 5) is 55.9. The molecule has 2 aromatic rings. The van der Waals surface area contributed by atoms with Crippen molar-refractivity contribution in [2.24, 2.45) is 34.7 Å². The largest absolute Gasteiger partial charge is 0.391 e. The lowest BCUT2D eigenvalue weighted by Crippen LogP contribution is -2.41. The number of carbonyl (C=O) groups is 3.